The summed E-state index contributed by atoms with van der Waals surface area (Å²) in [5.41, 5.74) is 2.46. The predicted octanol–water partition coefficient (Wildman–Crippen LogP) is 3.53. The highest BCUT2D eigenvalue weighted by Crippen LogP contribution is 2.21. The van der Waals surface area contributed by atoms with E-state index in [0.29, 0.717) is 24.4 Å². The number of carbonyl (C=O) groups is 1. The van der Waals surface area contributed by atoms with Crippen molar-refractivity contribution in [2.75, 3.05) is 6.61 Å². The zero-order chi connectivity index (χ0) is 16.2. The molecule has 5 heteroatoms. The van der Waals surface area contributed by atoms with E-state index in [1.165, 1.54) is 5.01 Å². The van der Waals surface area contributed by atoms with Gasteiger partial charge in [0.05, 0.1) is 6.61 Å². The van der Waals surface area contributed by atoms with Gasteiger partial charge in [0.1, 0.15) is 11.8 Å². The zero-order valence-electron chi connectivity index (χ0n) is 14.3. The van der Waals surface area contributed by atoms with Crippen LogP contribution in [0, 0.1) is 17.8 Å². The summed E-state index contributed by atoms with van der Waals surface area (Å²) in [6.45, 7) is 15.0. The van der Waals surface area contributed by atoms with Crippen molar-refractivity contribution in [3.8, 4) is 0 Å². The largest absolute Gasteiger partial charge is 0.442 e. The first-order valence-electron chi connectivity index (χ1n) is 7.68. The molecule has 1 heterocycles. The molecule has 0 fully saturated rings. The fourth-order valence-corrected chi connectivity index (χ4v) is 2.27. The van der Waals surface area contributed by atoms with Gasteiger partial charge < -0.3 is 9.47 Å². The second-order valence-corrected chi connectivity index (χ2v) is 7.23. The molecule has 0 radical (unpaired) electrons. The van der Waals surface area contributed by atoms with Crippen LogP contribution >= 0.6 is 0 Å². The van der Waals surface area contributed by atoms with Gasteiger partial charge in [-0.15, -0.1) is 0 Å². The van der Waals surface area contributed by atoms with E-state index in [1.54, 1.807) is 6.20 Å². The van der Waals surface area contributed by atoms with Crippen LogP contribution in [0.5, 0.6) is 0 Å². The maximum absolute atomic E-state index is 11.9. The van der Waals surface area contributed by atoms with Gasteiger partial charge in [-0.1, -0.05) is 27.7 Å². The molecule has 1 rings (SSSR count). The van der Waals surface area contributed by atoms with Gasteiger partial charge >= 0.3 is 6.09 Å². The first-order chi connectivity index (χ1) is 9.60. The van der Waals surface area contributed by atoms with Gasteiger partial charge in [0.25, 0.3) is 0 Å². The van der Waals surface area contributed by atoms with Crippen LogP contribution in [0.25, 0.3) is 0 Å². The van der Waals surface area contributed by atoms with Crippen LogP contribution in [0.4, 0.5) is 4.79 Å². The number of amides is 1. The molecule has 0 aliphatic carbocycles. The summed E-state index contributed by atoms with van der Waals surface area (Å²) in [5, 5.41) is 1.33. The van der Waals surface area contributed by atoms with E-state index >= 15 is 0 Å². The molecular weight excluding hydrogens is 268 g/mol. The topological polar surface area (TPSA) is 50.8 Å². The second-order valence-electron chi connectivity index (χ2n) is 7.23. The Balaban J connectivity index is 2.42. The number of nitrogens with zero attached hydrogens (tertiary/aromatic N) is 1. The Morgan fingerprint density at radius 2 is 1.81 bits per heavy atom. The highest BCUT2D eigenvalue weighted by molar-refractivity contribution is 5.69. The van der Waals surface area contributed by atoms with Gasteiger partial charge in [0.15, 0.2) is 0 Å². The van der Waals surface area contributed by atoms with E-state index < -0.39 is 11.7 Å². The Kier molecular flexibility index (Phi) is 6.23. The van der Waals surface area contributed by atoms with Crippen molar-refractivity contribution in [1.82, 2.24) is 10.4 Å². The van der Waals surface area contributed by atoms with Crippen LogP contribution < -0.4 is 5.43 Å². The summed E-state index contributed by atoms with van der Waals surface area (Å²) < 4.78 is 11.1. The predicted molar refractivity (Wildman–Crippen MR) is 83.3 cm³/mol. The van der Waals surface area contributed by atoms with Gasteiger partial charge in [-0.05, 0) is 44.6 Å². The molecule has 1 atom stereocenters. The highest BCUT2D eigenvalue weighted by atomic mass is 16.6. The summed E-state index contributed by atoms with van der Waals surface area (Å²) in [5.74, 6) is 1.63. The number of hydrazine groups is 1. The monoisotopic (exact) mass is 298 g/mol. The van der Waals surface area contributed by atoms with Crippen LogP contribution in [0.3, 0.4) is 0 Å². The fourth-order valence-electron chi connectivity index (χ4n) is 2.27. The molecule has 122 valence electrons. The number of hydrogen-bond acceptors (Lipinski definition) is 4. The highest BCUT2D eigenvalue weighted by Gasteiger charge is 2.27. The molecule has 1 unspecified atom stereocenters. The average molecular weight is 298 g/mol. The van der Waals surface area contributed by atoms with Crippen molar-refractivity contribution in [1.29, 1.82) is 0 Å². The molecule has 1 N–H and O–H groups in total. The van der Waals surface area contributed by atoms with Crippen LogP contribution in [0.2, 0.25) is 0 Å². The smallest absolute Gasteiger partial charge is 0.429 e. The molecule has 0 aromatic carbocycles. The third-order valence-electron chi connectivity index (χ3n) is 3.45. The number of ether oxygens (including phenoxy) is 2. The minimum atomic E-state index is -0.508. The van der Waals surface area contributed by atoms with Crippen molar-refractivity contribution >= 4 is 6.09 Å². The molecule has 0 aromatic heterocycles. The lowest BCUT2D eigenvalue weighted by atomic mass is 9.86. The van der Waals surface area contributed by atoms with Crippen molar-refractivity contribution in [3.05, 3.63) is 12.3 Å². The first kappa shape index (κ1) is 18.0. The molecule has 0 saturated heterocycles. The van der Waals surface area contributed by atoms with Crippen LogP contribution in [-0.4, -0.2) is 29.5 Å². The molecule has 1 aliphatic rings. The third-order valence-corrected chi connectivity index (χ3v) is 3.45. The lowest BCUT2D eigenvalue weighted by Gasteiger charge is -2.27. The molecule has 5 nitrogen and oxygen atoms in total. The van der Waals surface area contributed by atoms with Crippen LogP contribution in [-0.2, 0) is 9.47 Å². The van der Waals surface area contributed by atoms with E-state index in [9.17, 15) is 4.79 Å². The van der Waals surface area contributed by atoms with Gasteiger partial charge in [-0.2, -0.15) is 5.43 Å². The van der Waals surface area contributed by atoms with Crippen molar-refractivity contribution in [3.63, 3.8) is 0 Å². The Morgan fingerprint density at radius 3 is 2.29 bits per heavy atom. The molecule has 0 spiro atoms. The van der Waals surface area contributed by atoms with Crippen molar-refractivity contribution in [2.45, 2.75) is 60.3 Å². The molecule has 1 aliphatic heterocycles. The maximum Gasteiger partial charge on any atom is 0.429 e. The minimum Gasteiger partial charge on any atom is -0.442 e. The van der Waals surface area contributed by atoms with E-state index in [0.717, 1.165) is 0 Å². The second kappa shape index (κ2) is 7.27. The molecule has 21 heavy (non-hydrogen) atoms. The first-order valence-corrected chi connectivity index (χ1v) is 7.68. The minimum absolute atomic E-state index is 0.280. The zero-order valence-corrected chi connectivity index (χ0v) is 14.3. The normalized spacial score (nSPS) is 19.1. The lowest BCUT2D eigenvalue weighted by Crippen LogP contribution is -2.43. The van der Waals surface area contributed by atoms with E-state index in [-0.39, 0.29) is 6.23 Å². The fraction of sp³-hybridized carbons (Fsp3) is 0.812. The van der Waals surface area contributed by atoms with Crippen molar-refractivity contribution < 1.29 is 14.3 Å². The summed E-state index contributed by atoms with van der Waals surface area (Å²) >= 11 is 0. The Morgan fingerprint density at radius 1 is 1.24 bits per heavy atom. The summed E-state index contributed by atoms with van der Waals surface area (Å²) in [4.78, 5) is 11.9. The van der Waals surface area contributed by atoms with E-state index in [1.807, 2.05) is 26.8 Å². The maximum atomic E-state index is 11.9. The SMILES string of the molecule is CC(C)C(COC1C=CN(C(=O)OC(C)(C)C)N1)C(C)C. The molecule has 1 amide bonds. The summed E-state index contributed by atoms with van der Waals surface area (Å²) in [7, 11) is 0. The molecule has 0 bridgehead atoms. The Bertz CT molecular complexity index is 364. The molecule has 0 saturated carbocycles. The number of carbonyl (C=O) groups excluding carboxylic acids is 1. The Labute approximate surface area is 128 Å². The average Bonchev–Trinajstić information content (AvgIpc) is 2.74. The standard InChI is InChI=1S/C16H30N2O3/c1-11(2)13(12(3)4)10-20-14-8-9-18(17-14)15(19)21-16(5,6)7/h8-9,11-14,17H,10H2,1-7H3. The Hall–Kier alpha value is -1.07. The third kappa shape index (κ3) is 6.06. The van der Waals surface area contributed by atoms with Gasteiger partial charge in [0, 0.05) is 6.20 Å². The van der Waals surface area contributed by atoms with Crippen LogP contribution in [0.1, 0.15) is 48.5 Å². The summed E-state index contributed by atoms with van der Waals surface area (Å²) in [6, 6.07) is 0. The van der Waals surface area contributed by atoms with Gasteiger partial charge in [0.2, 0.25) is 0 Å². The number of nitrogens with one attached hydrogen (secondary N) is 1. The van der Waals surface area contributed by atoms with Crippen molar-refractivity contribution in [2.24, 2.45) is 17.8 Å². The number of hydrogen-bond donors (Lipinski definition) is 1. The quantitative estimate of drug-likeness (QED) is 0.843. The van der Waals surface area contributed by atoms with E-state index in [4.69, 9.17) is 9.47 Å². The van der Waals surface area contributed by atoms with Gasteiger partial charge in [-0.3, -0.25) is 0 Å². The van der Waals surface area contributed by atoms with E-state index in [2.05, 4.69) is 33.1 Å². The van der Waals surface area contributed by atoms with Gasteiger partial charge in [-0.25, -0.2) is 9.80 Å². The molecule has 0 aromatic rings. The van der Waals surface area contributed by atoms with Crippen LogP contribution in [0.15, 0.2) is 12.3 Å². The lowest BCUT2D eigenvalue weighted by molar-refractivity contribution is -0.0176. The summed E-state index contributed by atoms with van der Waals surface area (Å²) in [6.07, 6.45) is 2.77. The number of rotatable bonds is 5. The molecular formula is C16H30N2O3.